The maximum absolute atomic E-state index is 12.9. The molecule has 2 saturated heterocycles. The van der Waals surface area contributed by atoms with E-state index in [1.807, 2.05) is 37.3 Å². The van der Waals surface area contributed by atoms with Crippen LogP contribution >= 0.6 is 15.9 Å². The summed E-state index contributed by atoms with van der Waals surface area (Å²) in [6, 6.07) is 9.19. The Kier molecular flexibility index (Phi) is 3.35. The molecule has 1 amide bonds. The largest absolute Gasteiger partial charge is 0.446 e. The highest BCUT2D eigenvalue weighted by Gasteiger charge is 2.60. The number of rotatable bonds is 2. The van der Waals surface area contributed by atoms with E-state index in [9.17, 15) is 9.59 Å². The zero-order valence-electron chi connectivity index (χ0n) is 12.1. The van der Waals surface area contributed by atoms with Crippen molar-refractivity contribution in [3.63, 3.8) is 0 Å². The molecule has 112 valence electrons. The molecule has 0 aromatic heterocycles. The van der Waals surface area contributed by atoms with Crippen LogP contribution in [-0.4, -0.2) is 35.0 Å². The number of cyclic esters (lactones) is 1. The molecule has 0 spiro atoms. The average molecular weight is 352 g/mol. The molecular weight excluding hydrogens is 334 g/mol. The number of morpholine rings is 1. The molecule has 1 aromatic rings. The number of nitrogens with zero attached hydrogens (tertiary/aromatic N) is 1. The van der Waals surface area contributed by atoms with Crippen molar-refractivity contribution in [2.45, 2.75) is 42.7 Å². The molecule has 2 fully saturated rings. The van der Waals surface area contributed by atoms with Crippen molar-refractivity contribution in [1.29, 1.82) is 0 Å². The first-order valence-corrected chi connectivity index (χ1v) is 7.95. The first-order valence-electron chi connectivity index (χ1n) is 7.16. The zero-order chi connectivity index (χ0) is 15.3. The lowest BCUT2D eigenvalue weighted by Crippen LogP contribution is -2.65. The van der Waals surface area contributed by atoms with Crippen molar-refractivity contribution in [1.82, 2.24) is 4.90 Å². The Morgan fingerprint density at radius 3 is 2.67 bits per heavy atom. The number of carbonyl (C=O) groups excluding carboxylic acids is 2. The molecule has 0 unspecified atom stereocenters. The molecule has 4 nitrogen and oxygen atoms in total. The van der Waals surface area contributed by atoms with Crippen molar-refractivity contribution in [2.75, 3.05) is 6.54 Å². The summed E-state index contributed by atoms with van der Waals surface area (Å²) in [5.74, 6) is -0.413. The van der Waals surface area contributed by atoms with Gasteiger partial charge in [-0.05, 0) is 32.3 Å². The van der Waals surface area contributed by atoms with Gasteiger partial charge < -0.3 is 9.64 Å². The van der Waals surface area contributed by atoms with Crippen LogP contribution in [0.2, 0.25) is 0 Å². The number of hydrogen-bond acceptors (Lipinski definition) is 3. The summed E-state index contributed by atoms with van der Waals surface area (Å²) in [4.78, 5) is 26.9. The number of alkyl halides is 1. The minimum absolute atomic E-state index is 0.118. The number of benzene rings is 1. The topological polar surface area (TPSA) is 46.6 Å². The number of hydrogen-bond donors (Lipinski definition) is 0. The summed E-state index contributed by atoms with van der Waals surface area (Å²) in [6.07, 6.45) is 1.55. The summed E-state index contributed by atoms with van der Waals surface area (Å²) in [6.45, 7) is 4.21. The molecular formula is C16H18BrNO3. The van der Waals surface area contributed by atoms with Gasteiger partial charge in [-0.25, -0.2) is 4.79 Å². The molecule has 1 aromatic carbocycles. The average Bonchev–Trinajstić information content (AvgIpc) is 2.96. The van der Waals surface area contributed by atoms with E-state index in [1.54, 1.807) is 11.8 Å². The highest BCUT2D eigenvalue weighted by atomic mass is 79.9. The fourth-order valence-corrected chi connectivity index (χ4v) is 3.68. The van der Waals surface area contributed by atoms with Gasteiger partial charge in [0.25, 0.3) is 5.91 Å². The van der Waals surface area contributed by atoms with Gasteiger partial charge in [0.15, 0.2) is 0 Å². The van der Waals surface area contributed by atoms with Gasteiger partial charge in [-0.15, -0.1) is 0 Å². The Balaban J connectivity index is 2.03. The van der Waals surface area contributed by atoms with Crippen LogP contribution in [0, 0.1) is 0 Å². The molecule has 0 aliphatic carbocycles. The molecule has 21 heavy (non-hydrogen) atoms. The minimum atomic E-state index is -1.24. The van der Waals surface area contributed by atoms with E-state index in [1.165, 1.54) is 0 Å². The number of amides is 1. The molecule has 2 heterocycles. The first kappa shape index (κ1) is 14.6. The van der Waals surface area contributed by atoms with Gasteiger partial charge in [-0.2, -0.15) is 0 Å². The summed E-state index contributed by atoms with van der Waals surface area (Å²) >= 11 is 3.65. The molecule has 2 aliphatic rings. The Labute approximate surface area is 132 Å². The molecule has 2 aliphatic heterocycles. The predicted molar refractivity (Wildman–Crippen MR) is 82.0 cm³/mol. The van der Waals surface area contributed by atoms with E-state index in [2.05, 4.69) is 15.9 Å². The van der Waals surface area contributed by atoms with Crippen LogP contribution < -0.4 is 0 Å². The lowest BCUT2D eigenvalue weighted by atomic mass is 9.82. The van der Waals surface area contributed by atoms with Crippen molar-refractivity contribution in [3.05, 3.63) is 35.9 Å². The highest BCUT2D eigenvalue weighted by Crippen LogP contribution is 2.47. The predicted octanol–water partition coefficient (Wildman–Crippen LogP) is 2.60. The number of ether oxygens (including phenoxy) is 1. The van der Waals surface area contributed by atoms with E-state index < -0.39 is 16.0 Å². The lowest BCUT2D eigenvalue weighted by Gasteiger charge is -2.47. The second kappa shape index (κ2) is 4.83. The summed E-state index contributed by atoms with van der Waals surface area (Å²) in [5, 5.41) is 0. The van der Waals surface area contributed by atoms with E-state index in [4.69, 9.17) is 4.74 Å². The lowest BCUT2D eigenvalue weighted by molar-refractivity contribution is -0.192. The van der Waals surface area contributed by atoms with Crippen LogP contribution in [0.3, 0.4) is 0 Å². The smallest absolute Gasteiger partial charge is 0.329 e. The van der Waals surface area contributed by atoms with Gasteiger partial charge in [-0.3, -0.25) is 4.79 Å². The zero-order valence-corrected chi connectivity index (χ0v) is 13.7. The number of halogens is 1. The molecule has 5 heteroatoms. The van der Waals surface area contributed by atoms with Crippen LogP contribution in [0.25, 0.3) is 0 Å². The molecule has 0 N–H and O–H groups in total. The van der Waals surface area contributed by atoms with Gasteiger partial charge >= 0.3 is 5.97 Å². The third kappa shape index (κ3) is 2.01. The quantitative estimate of drug-likeness (QED) is 0.607. The number of carbonyl (C=O) groups is 2. The van der Waals surface area contributed by atoms with Gasteiger partial charge in [0.1, 0.15) is 6.04 Å². The fraction of sp³-hybridized carbons (Fsp3) is 0.500. The fourth-order valence-electron chi connectivity index (χ4n) is 3.16. The SMILES string of the molecule is C[C@]1([C@@](C)(Br)c2ccccc2)OC(=O)[C@@H]2CCCN2C1=O. The Morgan fingerprint density at radius 2 is 2.00 bits per heavy atom. The molecule has 0 saturated carbocycles. The third-order valence-corrected chi connectivity index (χ3v) is 5.92. The Morgan fingerprint density at radius 1 is 1.33 bits per heavy atom. The maximum Gasteiger partial charge on any atom is 0.329 e. The monoisotopic (exact) mass is 351 g/mol. The number of esters is 1. The summed E-state index contributed by atoms with van der Waals surface area (Å²) < 4.78 is 4.87. The van der Waals surface area contributed by atoms with E-state index in [-0.39, 0.29) is 11.9 Å². The maximum atomic E-state index is 12.9. The van der Waals surface area contributed by atoms with Crippen LogP contribution in [0.5, 0.6) is 0 Å². The van der Waals surface area contributed by atoms with E-state index >= 15 is 0 Å². The summed E-state index contributed by atoms with van der Waals surface area (Å²) in [5.41, 5.74) is -0.335. The first-order chi connectivity index (χ1) is 9.88. The van der Waals surface area contributed by atoms with Crippen LogP contribution in [-0.2, 0) is 18.7 Å². The van der Waals surface area contributed by atoms with Gasteiger partial charge in [0, 0.05) is 6.54 Å². The molecule has 0 bridgehead atoms. The van der Waals surface area contributed by atoms with Crippen molar-refractivity contribution in [2.24, 2.45) is 0 Å². The van der Waals surface area contributed by atoms with Gasteiger partial charge in [0.05, 0.1) is 4.32 Å². The van der Waals surface area contributed by atoms with Gasteiger partial charge in [0.2, 0.25) is 5.60 Å². The van der Waals surface area contributed by atoms with Crippen molar-refractivity contribution in [3.8, 4) is 0 Å². The van der Waals surface area contributed by atoms with E-state index in [0.717, 1.165) is 12.0 Å². The molecule has 0 radical (unpaired) electrons. The van der Waals surface area contributed by atoms with Gasteiger partial charge in [-0.1, -0.05) is 46.3 Å². The van der Waals surface area contributed by atoms with Crippen LogP contribution in [0.4, 0.5) is 0 Å². The Hall–Kier alpha value is -1.36. The second-order valence-corrected chi connectivity index (χ2v) is 7.57. The van der Waals surface area contributed by atoms with E-state index in [0.29, 0.717) is 13.0 Å². The Bertz CT molecular complexity index is 586. The third-order valence-electron chi connectivity index (χ3n) is 4.71. The normalized spacial score (nSPS) is 31.6. The second-order valence-electron chi connectivity index (χ2n) is 5.98. The summed E-state index contributed by atoms with van der Waals surface area (Å²) in [7, 11) is 0. The highest BCUT2D eigenvalue weighted by molar-refractivity contribution is 9.09. The van der Waals surface area contributed by atoms with Crippen molar-refractivity contribution >= 4 is 27.8 Å². The molecule has 3 atom stereocenters. The van der Waals surface area contributed by atoms with Crippen molar-refractivity contribution < 1.29 is 14.3 Å². The minimum Gasteiger partial charge on any atom is -0.446 e. The number of fused-ring (bicyclic) bond motifs is 1. The van der Waals surface area contributed by atoms with Crippen LogP contribution in [0.15, 0.2) is 30.3 Å². The van der Waals surface area contributed by atoms with Crippen LogP contribution in [0.1, 0.15) is 32.3 Å². The standard InChI is InChI=1S/C16H18BrNO3/c1-15(17,11-7-4-3-5-8-11)16(2)14(20)18-10-6-9-12(18)13(19)21-16/h3-5,7-8,12H,6,9-10H2,1-2H3/t12-,15-,16-/m0/s1. The molecule has 3 rings (SSSR count).